The lowest BCUT2D eigenvalue weighted by atomic mass is 10.1. The number of nitrogens with zero attached hydrogens (tertiary/aromatic N) is 1. The average Bonchev–Trinajstić information content (AvgIpc) is 2.43. The maximum absolute atomic E-state index is 11.8. The average molecular weight is 276 g/mol. The Hall–Kier alpha value is -1.87. The number of halogens is 1. The highest BCUT2D eigenvalue weighted by Gasteiger charge is 2.12. The first-order valence-electron chi connectivity index (χ1n) is 6.05. The highest BCUT2D eigenvalue weighted by molar-refractivity contribution is 6.34. The Morgan fingerprint density at radius 2 is 2.26 bits per heavy atom. The lowest BCUT2D eigenvalue weighted by molar-refractivity contribution is 0.0498. The predicted octanol–water partition coefficient (Wildman–Crippen LogP) is 4.10. The zero-order chi connectivity index (χ0) is 13.8. The number of hydrogen-bond acceptors (Lipinski definition) is 3. The second-order valence-electron chi connectivity index (χ2n) is 4.12. The van der Waals surface area contributed by atoms with Crippen molar-refractivity contribution in [3.05, 3.63) is 47.3 Å². The van der Waals surface area contributed by atoms with Gasteiger partial charge in [0.2, 0.25) is 0 Å². The number of pyridine rings is 1. The van der Waals surface area contributed by atoms with Crippen LogP contribution in [0.3, 0.4) is 0 Å². The monoisotopic (exact) mass is 275 g/mol. The third-order valence-corrected chi connectivity index (χ3v) is 2.98. The maximum atomic E-state index is 11.8. The molecule has 1 heterocycles. The first-order valence-corrected chi connectivity index (χ1v) is 6.43. The van der Waals surface area contributed by atoms with Crippen LogP contribution in [0.2, 0.25) is 5.15 Å². The summed E-state index contributed by atoms with van der Waals surface area (Å²) in [5, 5.41) is 1.96. The van der Waals surface area contributed by atoms with Crippen LogP contribution in [0.15, 0.2) is 30.8 Å². The zero-order valence-electron chi connectivity index (χ0n) is 10.6. The van der Waals surface area contributed by atoms with Crippen LogP contribution in [0.5, 0.6) is 0 Å². The number of hydrogen-bond donors (Lipinski definition) is 0. The lowest BCUT2D eigenvalue weighted by Gasteiger charge is -2.06. The fraction of sp³-hybridized carbons (Fsp3) is 0.200. The van der Waals surface area contributed by atoms with E-state index in [9.17, 15) is 4.79 Å². The molecule has 0 unspecified atom stereocenters. The number of esters is 1. The molecule has 0 radical (unpaired) electrons. The van der Waals surface area contributed by atoms with Crippen LogP contribution in [-0.2, 0) is 4.74 Å². The molecule has 0 saturated carbocycles. The van der Waals surface area contributed by atoms with Crippen molar-refractivity contribution in [2.24, 2.45) is 0 Å². The number of rotatable bonds is 4. The van der Waals surface area contributed by atoms with Crippen LogP contribution >= 0.6 is 11.6 Å². The largest absolute Gasteiger partial charge is 0.461 e. The van der Waals surface area contributed by atoms with Crippen LogP contribution in [0.4, 0.5) is 0 Å². The molecule has 0 bridgehead atoms. The van der Waals surface area contributed by atoms with Gasteiger partial charge in [-0.1, -0.05) is 43.3 Å². The standard InChI is InChI=1S/C15H14ClNO2/c1-3-7-19-15(18)13-9-11-8-10(4-2)5-6-12(11)14(16)17-13/h4-6,8-9H,2-3,7H2,1H3. The van der Waals surface area contributed by atoms with Gasteiger partial charge in [0.05, 0.1) is 6.61 Å². The van der Waals surface area contributed by atoms with Crippen molar-refractivity contribution >= 4 is 34.4 Å². The van der Waals surface area contributed by atoms with Crippen molar-refractivity contribution in [2.75, 3.05) is 6.61 Å². The number of carbonyl (C=O) groups excluding carboxylic acids is 1. The Balaban J connectivity index is 2.46. The zero-order valence-corrected chi connectivity index (χ0v) is 11.4. The second kappa shape index (κ2) is 5.85. The van der Waals surface area contributed by atoms with Gasteiger partial charge in [-0.3, -0.25) is 0 Å². The van der Waals surface area contributed by atoms with Gasteiger partial charge in [-0.05, 0) is 29.5 Å². The topological polar surface area (TPSA) is 39.2 Å². The van der Waals surface area contributed by atoms with Crippen molar-refractivity contribution in [3.63, 3.8) is 0 Å². The third kappa shape index (κ3) is 2.93. The van der Waals surface area contributed by atoms with Crippen molar-refractivity contribution in [2.45, 2.75) is 13.3 Å². The molecule has 4 heteroatoms. The van der Waals surface area contributed by atoms with E-state index in [2.05, 4.69) is 11.6 Å². The normalized spacial score (nSPS) is 10.4. The Kier molecular flexibility index (Phi) is 4.17. The van der Waals surface area contributed by atoms with Gasteiger partial charge in [0.25, 0.3) is 0 Å². The van der Waals surface area contributed by atoms with Crippen LogP contribution in [0, 0.1) is 0 Å². The summed E-state index contributed by atoms with van der Waals surface area (Å²) < 4.78 is 5.06. The highest BCUT2D eigenvalue weighted by Crippen LogP contribution is 2.24. The van der Waals surface area contributed by atoms with E-state index in [4.69, 9.17) is 16.3 Å². The third-order valence-electron chi connectivity index (χ3n) is 2.69. The minimum Gasteiger partial charge on any atom is -0.461 e. The Labute approximate surface area is 116 Å². The van der Waals surface area contributed by atoms with Crippen molar-refractivity contribution in [3.8, 4) is 0 Å². The van der Waals surface area contributed by atoms with Gasteiger partial charge in [-0.25, -0.2) is 9.78 Å². The van der Waals surface area contributed by atoms with E-state index < -0.39 is 5.97 Å². The smallest absolute Gasteiger partial charge is 0.357 e. The number of fused-ring (bicyclic) bond motifs is 1. The van der Waals surface area contributed by atoms with Crippen LogP contribution in [0.1, 0.15) is 29.4 Å². The SMILES string of the molecule is C=Cc1ccc2c(Cl)nc(C(=O)OCCC)cc2c1. The molecule has 1 aromatic heterocycles. The van der Waals surface area contributed by atoms with Gasteiger partial charge in [0.1, 0.15) is 5.15 Å². The van der Waals surface area contributed by atoms with Gasteiger partial charge in [0.15, 0.2) is 5.69 Å². The molecule has 1 aromatic carbocycles. The van der Waals surface area contributed by atoms with Crippen molar-refractivity contribution in [1.82, 2.24) is 4.98 Å². The van der Waals surface area contributed by atoms with E-state index in [1.54, 1.807) is 12.1 Å². The fourth-order valence-corrected chi connectivity index (χ4v) is 2.00. The maximum Gasteiger partial charge on any atom is 0.357 e. The summed E-state index contributed by atoms with van der Waals surface area (Å²) in [5.41, 5.74) is 1.19. The minimum absolute atomic E-state index is 0.229. The molecular weight excluding hydrogens is 262 g/mol. The summed E-state index contributed by atoms with van der Waals surface area (Å²) in [5.74, 6) is -0.449. The Morgan fingerprint density at radius 3 is 2.95 bits per heavy atom. The Bertz CT molecular complexity index is 637. The van der Waals surface area contributed by atoms with Gasteiger partial charge in [-0.15, -0.1) is 0 Å². The van der Waals surface area contributed by atoms with Crippen molar-refractivity contribution < 1.29 is 9.53 Å². The molecule has 0 aliphatic heterocycles. The summed E-state index contributed by atoms with van der Waals surface area (Å²) >= 11 is 6.09. The lowest BCUT2D eigenvalue weighted by Crippen LogP contribution is -2.08. The second-order valence-corrected chi connectivity index (χ2v) is 4.48. The van der Waals surface area contributed by atoms with Gasteiger partial charge < -0.3 is 4.74 Å². The fourth-order valence-electron chi connectivity index (χ4n) is 1.73. The molecule has 2 aromatic rings. The van der Waals surface area contributed by atoms with E-state index in [1.165, 1.54) is 0 Å². The molecule has 0 aliphatic rings. The first kappa shape index (κ1) is 13.6. The predicted molar refractivity (Wildman–Crippen MR) is 77.4 cm³/mol. The molecule has 98 valence electrons. The van der Waals surface area contributed by atoms with Crippen molar-refractivity contribution in [1.29, 1.82) is 0 Å². The van der Waals surface area contributed by atoms with E-state index in [0.717, 1.165) is 22.8 Å². The number of benzene rings is 1. The molecule has 0 N–H and O–H groups in total. The number of carbonyl (C=O) groups is 1. The molecule has 0 atom stereocenters. The number of ether oxygens (including phenoxy) is 1. The summed E-state index contributed by atoms with van der Waals surface area (Å²) in [4.78, 5) is 15.9. The summed E-state index contributed by atoms with van der Waals surface area (Å²) in [6.07, 6.45) is 2.51. The molecule has 19 heavy (non-hydrogen) atoms. The molecule has 0 amide bonds. The van der Waals surface area contributed by atoms with E-state index in [0.29, 0.717) is 11.8 Å². The summed E-state index contributed by atoms with van der Waals surface area (Å²) in [7, 11) is 0. The molecule has 0 spiro atoms. The molecule has 0 saturated heterocycles. The van der Waals surface area contributed by atoms with E-state index in [1.807, 2.05) is 25.1 Å². The first-order chi connectivity index (χ1) is 9.15. The molecule has 0 fully saturated rings. The quantitative estimate of drug-likeness (QED) is 0.623. The van der Waals surface area contributed by atoms with Crippen LogP contribution in [0.25, 0.3) is 16.8 Å². The molecule has 2 rings (SSSR count). The molecule has 3 nitrogen and oxygen atoms in total. The van der Waals surface area contributed by atoms with E-state index in [-0.39, 0.29) is 5.69 Å². The van der Waals surface area contributed by atoms with Gasteiger partial charge in [-0.2, -0.15) is 0 Å². The Morgan fingerprint density at radius 1 is 1.47 bits per heavy atom. The molecular formula is C15H14ClNO2. The van der Waals surface area contributed by atoms with Gasteiger partial charge >= 0.3 is 5.97 Å². The highest BCUT2D eigenvalue weighted by atomic mass is 35.5. The number of aromatic nitrogens is 1. The summed E-state index contributed by atoms with van der Waals surface area (Å²) in [6.45, 7) is 6.03. The van der Waals surface area contributed by atoms with Crippen LogP contribution in [-0.4, -0.2) is 17.6 Å². The minimum atomic E-state index is -0.449. The molecule has 0 aliphatic carbocycles. The van der Waals surface area contributed by atoms with Crippen LogP contribution < -0.4 is 0 Å². The van der Waals surface area contributed by atoms with E-state index >= 15 is 0 Å². The summed E-state index contributed by atoms with van der Waals surface area (Å²) in [6, 6.07) is 7.36. The van der Waals surface area contributed by atoms with Gasteiger partial charge in [0, 0.05) is 5.39 Å².